The van der Waals surface area contributed by atoms with Gasteiger partial charge in [-0.1, -0.05) is 25.1 Å². The molecule has 29 heavy (non-hydrogen) atoms. The molecule has 1 unspecified atom stereocenters. The number of hydrogen-bond donors (Lipinski definition) is 2. The number of ether oxygens (including phenoxy) is 1. The fourth-order valence-electron chi connectivity index (χ4n) is 3.22. The molecular weight excluding hydrogens is 503 g/mol. The van der Waals surface area contributed by atoms with Crippen LogP contribution < -0.4 is 10.6 Å². The highest BCUT2D eigenvalue weighted by atomic mass is 127. The smallest absolute Gasteiger partial charge is 0.191 e. The summed E-state index contributed by atoms with van der Waals surface area (Å²) in [5.41, 5.74) is -0.0563. The Morgan fingerprint density at radius 3 is 2.41 bits per heavy atom. The van der Waals surface area contributed by atoms with E-state index in [2.05, 4.69) is 34.4 Å². The third-order valence-electron chi connectivity index (χ3n) is 5.14. The van der Waals surface area contributed by atoms with E-state index in [9.17, 15) is 8.42 Å². The molecule has 1 heterocycles. The summed E-state index contributed by atoms with van der Waals surface area (Å²) < 4.78 is 30.8. The van der Waals surface area contributed by atoms with Crippen LogP contribution in [0.2, 0.25) is 0 Å². The average Bonchev–Trinajstić information content (AvgIpc) is 2.71. The highest BCUT2D eigenvalue weighted by molar-refractivity contribution is 14.0. The van der Waals surface area contributed by atoms with Gasteiger partial charge in [-0.2, -0.15) is 0 Å². The number of halogens is 1. The van der Waals surface area contributed by atoms with Crippen molar-refractivity contribution in [1.82, 2.24) is 15.5 Å². The molecule has 1 aromatic carbocycles. The third-order valence-corrected chi connectivity index (χ3v) is 6.97. The maximum absolute atomic E-state index is 12.7. The van der Waals surface area contributed by atoms with Crippen molar-refractivity contribution in [1.29, 1.82) is 0 Å². The lowest BCUT2D eigenvalue weighted by atomic mass is 10.0. The zero-order valence-corrected chi connectivity index (χ0v) is 21.0. The maximum atomic E-state index is 12.7. The minimum atomic E-state index is -3.35. The van der Waals surface area contributed by atoms with Gasteiger partial charge in [-0.05, 0) is 32.4 Å². The standard InChI is InChI=1S/C20H34N4O3S.HI/c1-5-17(15-28(25,26)18-9-7-6-8-10-18)23-19(21-4)22-16-20(2,3)24-11-13-27-14-12-24;/h6-10,17H,5,11-16H2,1-4H3,(H2,21,22,23);1H. The molecule has 0 aliphatic carbocycles. The van der Waals surface area contributed by atoms with Crippen LogP contribution in [-0.4, -0.2) is 76.5 Å². The minimum absolute atomic E-state index is 0. The molecule has 1 fully saturated rings. The number of rotatable bonds is 8. The topological polar surface area (TPSA) is 83.0 Å². The van der Waals surface area contributed by atoms with Crippen molar-refractivity contribution in [3.63, 3.8) is 0 Å². The Bertz CT molecular complexity index is 735. The van der Waals surface area contributed by atoms with E-state index in [-0.39, 0.29) is 41.3 Å². The van der Waals surface area contributed by atoms with E-state index in [1.807, 2.05) is 13.0 Å². The molecule has 1 saturated heterocycles. The second-order valence-electron chi connectivity index (χ2n) is 7.68. The maximum Gasteiger partial charge on any atom is 0.191 e. The normalized spacial score (nSPS) is 17.3. The first kappa shape index (κ1) is 26.1. The summed E-state index contributed by atoms with van der Waals surface area (Å²) in [6, 6.07) is 8.37. The van der Waals surface area contributed by atoms with Gasteiger partial charge in [-0.25, -0.2) is 8.42 Å². The van der Waals surface area contributed by atoms with Crippen LogP contribution in [-0.2, 0) is 14.6 Å². The van der Waals surface area contributed by atoms with Gasteiger partial charge in [0.15, 0.2) is 15.8 Å². The Morgan fingerprint density at radius 2 is 1.86 bits per heavy atom. The SMILES string of the molecule is CCC(CS(=O)(=O)c1ccccc1)NC(=NC)NCC(C)(C)N1CCOCC1.I. The van der Waals surface area contributed by atoms with Crippen LogP contribution in [0, 0.1) is 0 Å². The molecule has 0 aromatic heterocycles. The van der Waals surface area contributed by atoms with Crippen molar-refractivity contribution in [3.05, 3.63) is 30.3 Å². The van der Waals surface area contributed by atoms with E-state index in [1.54, 1.807) is 31.3 Å². The van der Waals surface area contributed by atoms with Crippen molar-refractivity contribution in [2.24, 2.45) is 4.99 Å². The molecule has 166 valence electrons. The van der Waals surface area contributed by atoms with E-state index >= 15 is 0 Å². The van der Waals surface area contributed by atoms with Crippen molar-refractivity contribution in [2.45, 2.75) is 43.7 Å². The monoisotopic (exact) mass is 538 g/mol. The first-order valence-electron chi connectivity index (χ1n) is 9.86. The molecule has 0 spiro atoms. The highest BCUT2D eigenvalue weighted by Crippen LogP contribution is 2.15. The summed E-state index contributed by atoms with van der Waals surface area (Å²) in [7, 11) is -1.65. The zero-order valence-electron chi connectivity index (χ0n) is 17.8. The Labute approximate surface area is 192 Å². The fourth-order valence-corrected chi connectivity index (χ4v) is 4.83. The van der Waals surface area contributed by atoms with Crippen molar-refractivity contribution < 1.29 is 13.2 Å². The van der Waals surface area contributed by atoms with Crippen LogP contribution in [0.3, 0.4) is 0 Å². The molecule has 1 aliphatic heterocycles. The summed E-state index contributed by atoms with van der Waals surface area (Å²) in [5.74, 6) is 0.651. The summed E-state index contributed by atoms with van der Waals surface area (Å²) in [5, 5.41) is 6.63. The van der Waals surface area contributed by atoms with Gasteiger partial charge in [-0.3, -0.25) is 9.89 Å². The third kappa shape index (κ3) is 8.03. The molecular formula is C20H35IN4O3S. The van der Waals surface area contributed by atoms with Crippen LogP contribution in [0.15, 0.2) is 40.2 Å². The van der Waals surface area contributed by atoms with Crippen molar-refractivity contribution >= 4 is 39.8 Å². The highest BCUT2D eigenvalue weighted by Gasteiger charge is 2.28. The van der Waals surface area contributed by atoms with Crippen LogP contribution in [0.25, 0.3) is 0 Å². The summed E-state index contributed by atoms with van der Waals surface area (Å²) in [6.45, 7) is 10.4. The summed E-state index contributed by atoms with van der Waals surface area (Å²) in [4.78, 5) is 7.03. The van der Waals surface area contributed by atoms with Crippen LogP contribution in [0.1, 0.15) is 27.2 Å². The predicted molar refractivity (Wildman–Crippen MR) is 129 cm³/mol. The molecule has 9 heteroatoms. The number of guanidine groups is 1. The van der Waals surface area contributed by atoms with Crippen LogP contribution >= 0.6 is 24.0 Å². The second-order valence-corrected chi connectivity index (χ2v) is 9.72. The predicted octanol–water partition coefficient (Wildman–Crippen LogP) is 2.13. The van der Waals surface area contributed by atoms with Gasteiger partial charge < -0.3 is 15.4 Å². The quantitative estimate of drug-likeness (QED) is 0.300. The second kappa shape index (κ2) is 12.1. The van der Waals surface area contributed by atoms with Gasteiger partial charge in [0.1, 0.15) is 0 Å². The number of nitrogens with zero attached hydrogens (tertiary/aromatic N) is 2. The van der Waals surface area contributed by atoms with Gasteiger partial charge in [0.2, 0.25) is 0 Å². The average molecular weight is 538 g/mol. The lowest BCUT2D eigenvalue weighted by Crippen LogP contribution is -2.57. The summed E-state index contributed by atoms with van der Waals surface area (Å²) >= 11 is 0. The van der Waals surface area contributed by atoms with E-state index in [0.717, 1.165) is 26.3 Å². The van der Waals surface area contributed by atoms with Crippen LogP contribution in [0.4, 0.5) is 0 Å². The van der Waals surface area contributed by atoms with Gasteiger partial charge in [-0.15, -0.1) is 24.0 Å². The number of hydrogen-bond acceptors (Lipinski definition) is 5. The number of nitrogens with one attached hydrogen (secondary N) is 2. The van der Waals surface area contributed by atoms with Gasteiger partial charge in [0, 0.05) is 38.3 Å². The van der Waals surface area contributed by atoms with E-state index < -0.39 is 9.84 Å². The van der Waals surface area contributed by atoms with Crippen LogP contribution in [0.5, 0.6) is 0 Å². The molecule has 2 N–H and O–H groups in total. The number of morpholine rings is 1. The molecule has 1 aromatic rings. The molecule has 0 amide bonds. The Hall–Kier alpha value is -0.910. The minimum Gasteiger partial charge on any atom is -0.379 e. The number of benzene rings is 1. The van der Waals surface area contributed by atoms with Gasteiger partial charge in [0.05, 0.1) is 23.9 Å². The Kier molecular flexibility index (Phi) is 10.9. The molecule has 0 bridgehead atoms. The largest absolute Gasteiger partial charge is 0.379 e. The molecule has 0 saturated carbocycles. The summed E-state index contributed by atoms with van der Waals surface area (Å²) in [6.07, 6.45) is 0.680. The number of aliphatic imine (C=N–C) groups is 1. The van der Waals surface area contributed by atoms with Crippen molar-refractivity contribution in [2.75, 3.05) is 45.6 Å². The first-order valence-corrected chi connectivity index (χ1v) is 11.5. The molecule has 2 rings (SSSR count). The lowest BCUT2D eigenvalue weighted by Gasteiger charge is -2.41. The number of sulfone groups is 1. The molecule has 7 nitrogen and oxygen atoms in total. The van der Waals surface area contributed by atoms with E-state index in [4.69, 9.17) is 4.74 Å². The Balaban J connectivity index is 0.00000420. The van der Waals surface area contributed by atoms with Gasteiger partial charge >= 0.3 is 0 Å². The van der Waals surface area contributed by atoms with E-state index in [1.165, 1.54) is 0 Å². The molecule has 0 radical (unpaired) electrons. The Morgan fingerprint density at radius 1 is 1.24 bits per heavy atom. The van der Waals surface area contributed by atoms with Crippen molar-refractivity contribution in [3.8, 4) is 0 Å². The molecule has 1 atom stereocenters. The fraction of sp³-hybridized carbons (Fsp3) is 0.650. The first-order chi connectivity index (χ1) is 13.3. The lowest BCUT2D eigenvalue weighted by molar-refractivity contribution is -0.00834. The van der Waals surface area contributed by atoms with Gasteiger partial charge in [0.25, 0.3) is 0 Å². The van der Waals surface area contributed by atoms with E-state index in [0.29, 0.717) is 23.8 Å². The molecule has 1 aliphatic rings. The zero-order chi connectivity index (χ0) is 20.6.